The smallest absolute Gasteiger partial charge is 0.270 e. The lowest BCUT2D eigenvalue weighted by Gasteiger charge is -2.35. The van der Waals surface area contributed by atoms with Gasteiger partial charge < -0.3 is 24.0 Å². The number of carbonyl (C=O) groups is 1. The number of non-ortho nitro benzene ring substituents is 1. The zero-order valence-electron chi connectivity index (χ0n) is 19.6. The van der Waals surface area contributed by atoms with Gasteiger partial charge in [-0.25, -0.2) is 0 Å². The summed E-state index contributed by atoms with van der Waals surface area (Å²) in [5, 5.41) is 19.7. The molecular formula is C24H25N5O6. The molecule has 11 nitrogen and oxygen atoms in total. The molecule has 3 aromatic rings. The van der Waals surface area contributed by atoms with E-state index in [1.807, 2.05) is 29.2 Å². The molecule has 0 saturated carbocycles. The Morgan fingerprint density at radius 2 is 1.60 bits per heavy atom. The summed E-state index contributed by atoms with van der Waals surface area (Å²) >= 11 is 0. The van der Waals surface area contributed by atoms with Gasteiger partial charge in [0.2, 0.25) is 5.75 Å². The Morgan fingerprint density at radius 3 is 2.14 bits per heavy atom. The predicted molar refractivity (Wildman–Crippen MR) is 128 cm³/mol. The van der Waals surface area contributed by atoms with E-state index in [0.717, 1.165) is 5.56 Å². The van der Waals surface area contributed by atoms with Crippen LogP contribution in [-0.4, -0.2) is 73.4 Å². The highest BCUT2D eigenvalue weighted by molar-refractivity contribution is 5.95. The summed E-state index contributed by atoms with van der Waals surface area (Å²) < 4.78 is 16.2. The third-order valence-electron chi connectivity index (χ3n) is 5.81. The predicted octanol–water partition coefficient (Wildman–Crippen LogP) is 3.04. The number of methoxy groups -OCH3 is 3. The number of anilines is 1. The van der Waals surface area contributed by atoms with Crippen molar-refractivity contribution in [3.05, 3.63) is 64.2 Å². The van der Waals surface area contributed by atoms with Gasteiger partial charge in [0.05, 0.1) is 31.9 Å². The minimum absolute atomic E-state index is 0.100. The molecule has 0 radical (unpaired) electrons. The van der Waals surface area contributed by atoms with Gasteiger partial charge in [0.15, 0.2) is 17.3 Å². The molecule has 0 atom stereocenters. The minimum atomic E-state index is -0.505. The van der Waals surface area contributed by atoms with Gasteiger partial charge in [0.25, 0.3) is 11.6 Å². The van der Waals surface area contributed by atoms with Gasteiger partial charge in [-0.2, -0.15) is 0 Å². The third kappa shape index (κ3) is 4.93. The molecule has 35 heavy (non-hydrogen) atoms. The van der Waals surface area contributed by atoms with Crippen molar-refractivity contribution < 1.29 is 23.9 Å². The number of benzene rings is 2. The maximum atomic E-state index is 12.8. The Labute approximate surface area is 202 Å². The normalized spacial score (nSPS) is 13.3. The average molecular weight is 479 g/mol. The molecule has 11 heteroatoms. The first kappa shape index (κ1) is 23.7. The average Bonchev–Trinajstić information content (AvgIpc) is 2.92. The third-order valence-corrected chi connectivity index (χ3v) is 5.81. The Morgan fingerprint density at radius 1 is 0.914 bits per heavy atom. The molecule has 0 unspecified atom stereocenters. The number of ether oxygens (including phenoxy) is 3. The molecule has 1 fully saturated rings. The van der Waals surface area contributed by atoms with Crippen molar-refractivity contribution in [1.82, 2.24) is 15.1 Å². The van der Waals surface area contributed by atoms with Crippen LogP contribution in [0.1, 0.15) is 10.4 Å². The Bertz CT molecular complexity index is 1200. The fraction of sp³-hybridized carbons (Fsp3) is 0.292. The van der Waals surface area contributed by atoms with Crippen LogP contribution in [0.4, 0.5) is 11.5 Å². The van der Waals surface area contributed by atoms with Crippen LogP contribution in [0.25, 0.3) is 11.3 Å². The number of nitro benzene ring substituents is 1. The lowest BCUT2D eigenvalue weighted by Crippen LogP contribution is -2.49. The zero-order valence-corrected chi connectivity index (χ0v) is 19.6. The van der Waals surface area contributed by atoms with E-state index >= 15 is 0 Å². The molecule has 0 spiro atoms. The van der Waals surface area contributed by atoms with Crippen molar-refractivity contribution >= 4 is 17.4 Å². The highest BCUT2D eigenvalue weighted by Gasteiger charge is 2.24. The number of hydrogen-bond donors (Lipinski definition) is 0. The number of amides is 1. The van der Waals surface area contributed by atoms with E-state index in [2.05, 4.69) is 10.2 Å². The summed E-state index contributed by atoms with van der Waals surface area (Å²) in [4.78, 5) is 27.0. The number of nitro groups is 1. The molecule has 2 heterocycles. The molecular weight excluding hydrogens is 454 g/mol. The molecule has 0 bridgehead atoms. The number of carbonyl (C=O) groups excluding carboxylic acids is 1. The summed E-state index contributed by atoms with van der Waals surface area (Å²) in [5.41, 5.74) is 1.62. The molecule has 1 aliphatic heterocycles. The molecule has 0 N–H and O–H groups in total. The van der Waals surface area contributed by atoms with Crippen molar-refractivity contribution in [2.75, 3.05) is 52.4 Å². The SMILES string of the molecule is COc1cc(-c2ccc(N3CCN(C(=O)c4cccc([N+](=O)[O-])c4)CC3)nn2)cc(OC)c1OC. The Balaban J connectivity index is 1.44. The summed E-state index contributed by atoms with van der Waals surface area (Å²) in [7, 11) is 4.66. The van der Waals surface area contributed by atoms with Gasteiger partial charge in [-0.1, -0.05) is 6.07 Å². The van der Waals surface area contributed by atoms with Crippen LogP contribution in [0.5, 0.6) is 17.2 Å². The quantitative estimate of drug-likeness (QED) is 0.372. The second kappa shape index (κ2) is 10.2. The summed E-state index contributed by atoms with van der Waals surface area (Å²) in [6, 6.07) is 13.2. The van der Waals surface area contributed by atoms with Crippen molar-refractivity contribution in [2.45, 2.75) is 0 Å². The molecule has 0 aliphatic carbocycles. The summed E-state index contributed by atoms with van der Waals surface area (Å²) in [6.07, 6.45) is 0. The number of rotatable bonds is 7. The first-order chi connectivity index (χ1) is 16.9. The highest BCUT2D eigenvalue weighted by atomic mass is 16.6. The van der Waals surface area contributed by atoms with Gasteiger partial charge in [0, 0.05) is 49.4 Å². The van der Waals surface area contributed by atoms with Crippen LogP contribution >= 0.6 is 0 Å². The van der Waals surface area contributed by atoms with Crippen LogP contribution < -0.4 is 19.1 Å². The van der Waals surface area contributed by atoms with Crippen molar-refractivity contribution in [3.63, 3.8) is 0 Å². The second-order valence-corrected chi connectivity index (χ2v) is 7.78. The second-order valence-electron chi connectivity index (χ2n) is 7.78. The zero-order chi connectivity index (χ0) is 24.9. The van der Waals surface area contributed by atoms with E-state index in [0.29, 0.717) is 60.5 Å². The first-order valence-corrected chi connectivity index (χ1v) is 10.9. The molecule has 1 saturated heterocycles. The van der Waals surface area contributed by atoms with Crippen molar-refractivity contribution in [3.8, 4) is 28.5 Å². The van der Waals surface area contributed by atoms with Gasteiger partial charge in [-0.05, 0) is 30.3 Å². The van der Waals surface area contributed by atoms with Crippen LogP contribution in [-0.2, 0) is 0 Å². The van der Waals surface area contributed by atoms with E-state index in [4.69, 9.17) is 14.2 Å². The molecule has 1 aromatic heterocycles. The van der Waals surface area contributed by atoms with Gasteiger partial charge in [-0.3, -0.25) is 14.9 Å². The minimum Gasteiger partial charge on any atom is -0.493 e. The monoisotopic (exact) mass is 479 g/mol. The van der Waals surface area contributed by atoms with E-state index in [-0.39, 0.29) is 11.6 Å². The molecule has 2 aromatic carbocycles. The summed E-state index contributed by atoms with van der Waals surface area (Å²) in [6.45, 7) is 2.08. The van der Waals surface area contributed by atoms with E-state index in [1.165, 1.54) is 18.2 Å². The molecule has 1 aliphatic rings. The summed E-state index contributed by atoms with van der Waals surface area (Å²) in [5.74, 6) is 2.02. The Kier molecular flexibility index (Phi) is 6.95. The molecule has 1 amide bonds. The van der Waals surface area contributed by atoms with Gasteiger partial charge >= 0.3 is 0 Å². The van der Waals surface area contributed by atoms with Crippen LogP contribution in [0.3, 0.4) is 0 Å². The lowest BCUT2D eigenvalue weighted by atomic mass is 10.1. The van der Waals surface area contributed by atoms with E-state index in [9.17, 15) is 14.9 Å². The largest absolute Gasteiger partial charge is 0.493 e. The van der Waals surface area contributed by atoms with Crippen molar-refractivity contribution in [1.29, 1.82) is 0 Å². The van der Waals surface area contributed by atoms with Gasteiger partial charge in [0.1, 0.15) is 0 Å². The van der Waals surface area contributed by atoms with Gasteiger partial charge in [-0.15, -0.1) is 10.2 Å². The highest BCUT2D eigenvalue weighted by Crippen LogP contribution is 2.40. The topological polar surface area (TPSA) is 120 Å². The Hall–Kier alpha value is -4.41. The fourth-order valence-electron chi connectivity index (χ4n) is 3.95. The number of hydrogen-bond acceptors (Lipinski definition) is 9. The first-order valence-electron chi connectivity index (χ1n) is 10.9. The number of piperazine rings is 1. The van der Waals surface area contributed by atoms with E-state index in [1.54, 1.807) is 32.3 Å². The fourth-order valence-corrected chi connectivity index (χ4v) is 3.95. The number of nitrogens with zero attached hydrogens (tertiary/aromatic N) is 5. The van der Waals surface area contributed by atoms with Crippen molar-refractivity contribution in [2.24, 2.45) is 0 Å². The number of aromatic nitrogens is 2. The van der Waals surface area contributed by atoms with E-state index < -0.39 is 4.92 Å². The molecule has 182 valence electrons. The maximum absolute atomic E-state index is 12.8. The maximum Gasteiger partial charge on any atom is 0.270 e. The standard InChI is InChI=1S/C24H25N5O6/c1-33-20-14-17(15-21(34-2)23(20)35-3)19-7-8-22(26-25-19)27-9-11-28(12-10-27)24(30)16-5-4-6-18(13-16)29(31)32/h4-8,13-15H,9-12H2,1-3H3. The lowest BCUT2D eigenvalue weighted by molar-refractivity contribution is -0.384. The molecule has 4 rings (SSSR count). The van der Waals surface area contributed by atoms with Crippen LogP contribution in [0, 0.1) is 10.1 Å². The van der Waals surface area contributed by atoms with Crippen LogP contribution in [0.2, 0.25) is 0 Å². The van der Waals surface area contributed by atoms with Crippen LogP contribution in [0.15, 0.2) is 48.5 Å².